The highest BCUT2D eigenvalue weighted by atomic mass is 16.4. The van der Waals surface area contributed by atoms with Crippen molar-refractivity contribution in [3.8, 4) is 0 Å². The van der Waals surface area contributed by atoms with E-state index in [1.54, 1.807) is 5.01 Å². The monoisotopic (exact) mass is 323 g/mol. The van der Waals surface area contributed by atoms with Gasteiger partial charge in [-0.3, -0.25) is 4.79 Å². The van der Waals surface area contributed by atoms with E-state index in [-0.39, 0.29) is 17.4 Å². The lowest BCUT2D eigenvalue weighted by Crippen LogP contribution is -2.44. The first kappa shape index (κ1) is 17.8. The molecule has 6 heteroatoms. The maximum absolute atomic E-state index is 12.2. The number of hydrazone groups is 1. The summed E-state index contributed by atoms with van der Waals surface area (Å²) in [6.07, 6.45) is 5.93. The van der Waals surface area contributed by atoms with Gasteiger partial charge in [0.05, 0.1) is 12.1 Å². The van der Waals surface area contributed by atoms with Crippen molar-refractivity contribution in [3.05, 3.63) is 0 Å². The van der Waals surface area contributed by atoms with Crippen LogP contribution < -0.4 is 5.32 Å². The van der Waals surface area contributed by atoms with Crippen LogP contribution in [0.25, 0.3) is 0 Å². The van der Waals surface area contributed by atoms with Crippen molar-refractivity contribution in [1.29, 1.82) is 0 Å². The van der Waals surface area contributed by atoms with E-state index in [9.17, 15) is 9.59 Å². The van der Waals surface area contributed by atoms with Crippen molar-refractivity contribution in [2.24, 2.45) is 16.4 Å². The molecule has 0 spiro atoms. The van der Waals surface area contributed by atoms with Gasteiger partial charge < -0.3 is 10.4 Å². The SMILES string of the molecule is CC(C)(C)C(CC1=NN(CC2CCCCC2)C(=O)C1)NC(=O)O. The first-order chi connectivity index (χ1) is 10.8. The summed E-state index contributed by atoms with van der Waals surface area (Å²) in [4.78, 5) is 23.2. The van der Waals surface area contributed by atoms with Crippen LogP contribution >= 0.6 is 0 Å². The Balaban J connectivity index is 1.97. The van der Waals surface area contributed by atoms with Crippen LogP contribution in [0.3, 0.4) is 0 Å². The van der Waals surface area contributed by atoms with Crippen molar-refractivity contribution < 1.29 is 14.7 Å². The van der Waals surface area contributed by atoms with Gasteiger partial charge in [0.25, 0.3) is 0 Å². The van der Waals surface area contributed by atoms with E-state index in [0.29, 0.717) is 18.8 Å². The van der Waals surface area contributed by atoms with E-state index < -0.39 is 6.09 Å². The highest BCUT2D eigenvalue weighted by Gasteiger charge is 2.32. The minimum absolute atomic E-state index is 0.0496. The zero-order valence-corrected chi connectivity index (χ0v) is 14.5. The van der Waals surface area contributed by atoms with Gasteiger partial charge in [0.1, 0.15) is 0 Å². The third-order valence-electron chi connectivity index (χ3n) is 4.84. The van der Waals surface area contributed by atoms with Crippen molar-refractivity contribution >= 4 is 17.7 Å². The van der Waals surface area contributed by atoms with E-state index in [2.05, 4.69) is 10.4 Å². The molecule has 1 unspecified atom stereocenters. The number of hydrogen-bond donors (Lipinski definition) is 2. The summed E-state index contributed by atoms with van der Waals surface area (Å²) in [5, 5.41) is 17.7. The van der Waals surface area contributed by atoms with E-state index in [0.717, 1.165) is 12.3 Å². The van der Waals surface area contributed by atoms with E-state index in [4.69, 9.17) is 5.11 Å². The molecule has 1 heterocycles. The lowest BCUT2D eigenvalue weighted by molar-refractivity contribution is -0.129. The van der Waals surface area contributed by atoms with Gasteiger partial charge in [-0.1, -0.05) is 40.0 Å². The maximum atomic E-state index is 12.2. The highest BCUT2D eigenvalue weighted by molar-refractivity contribution is 6.05. The van der Waals surface area contributed by atoms with Crippen LogP contribution in [0, 0.1) is 11.3 Å². The summed E-state index contributed by atoms with van der Waals surface area (Å²) < 4.78 is 0. The average Bonchev–Trinajstić information content (AvgIpc) is 2.78. The fraction of sp³-hybridized carbons (Fsp3) is 0.824. The second kappa shape index (κ2) is 7.32. The number of carbonyl (C=O) groups excluding carboxylic acids is 1. The van der Waals surface area contributed by atoms with Crippen LogP contribution in [0.15, 0.2) is 5.10 Å². The predicted octanol–water partition coefficient (Wildman–Crippen LogP) is 3.23. The lowest BCUT2D eigenvalue weighted by atomic mass is 9.83. The van der Waals surface area contributed by atoms with Crippen LogP contribution in [0.5, 0.6) is 0 Å². The topological polar surface area (TPSA) is 82.0 Å². The average molecular weight is 323 g/mol. The molecule has 0 aromatic heterocycles. The molecule has 130 valence electrons. The predicted molar refractivity (Wildman–Crippen MR) is 89.4 cm³/mol. The molecule has 6 nitrogen and oxygen atoms in total. The molecule has 1 atom stereocenters. The Morgan fingerprint density at radius 3 is 2.57 bits per heavy atom. The quantitative estimate of drug-likeness (QED) is 0.815. The molecule has 0 bridgehead atoms. The number of amides is 2. The third kappa shape index (κ3) is 5.22. The number of rotatable bonds is 5. The minimum atomic E-state index is -1.03. The molecule has 2 N–H and O–H groups in total. The summed E-state index contributed by atoms with van der Waals surface area (Å²) in [5.74, 6) is 0.611. The summed E-state index contributed by atoms with van der Waals surface area (Å²) in [6.45, 7) is 6.69. The van der Waals surface area contributed by atoms with Crippen molar-refractivity contribution in [2.45, 2.75) is 71.8 Å². The Kier molecular flexibility index (Phi) is 5.65. The highest BCUT2D eigenvalue weighted by Crippen LogP contribution is 2.28. The van der Waals surface area contributed by atoms with Gasteiger partial charge in [-0.15, -0.1) is 0 Å². The molecule has 2 rings (SSSR count). The minimum Gasteiger partial charge on any atom is -0.465 e. The number of carbonyl (C=O) groups is 2. The summed E-state index contributed by atoms with van der Waals surface area (Å²) >= 11 is 0. The van der Waals surface area contributed by atoms with Crippen LogP contribution in [0.2, 0.25) is 0 Å². The van der Waals surface area contributed by atoms with E-state index in [1.165, 1.54) is 32.1 Å². The third-order valence-corrected chi connectivity index (χ3v) is 4.84. The second-order valence-corrected chi connectivity index (χ2v) is 7.90. The molecule has 0 aromatic rings. The molecule has 0 saturated heterocycles. The van der Waals surface area contributed by atoms with Gasteiger partial charge in [-0.25, -0.2) is 9.80 Å². The fourth-order valence-electron chi connectivity index (χ4n) is 3.36. The lowest BCUT2D eigenvalue weighted by Gasteiger charge is -2.30. The smallest absolute Gasteiger partial charge is 0.404 e. The standard InChI is InChI=1S/C17H29N3O3/c1-17(2,3)14(18-16(22)23)9-13-10-15(21)20(19-13)11-12-7-5-4-6-8-12/h12,14,18H,4-11H2,1-3H3,(H,22,23). The first-order valence-electron chi connectivity index (χ1n) is 8.62. The molecule has 2 aliphatic rings. The Morgan fingerprint density at radius 2 is 2.00 bits per heavy atom. The summed E-state index contributed by atoms with van der Waals surface area (Å²) in [5.41, 5.74) is 0.570. The summed E-state index contributed by atoms with van der Waals surface area (Å²) in [6, 6.07) is -0.249. The van der Waals surface area contributed by atoms with Gasteiger partial charge in [-0.2, -0.15) is 5.10 Å². The normalized spacial score (nSPS) is 21.3. The molecule has 1 fully saturated rings. The Hall–Kier alpha value is -1.59. The second-order valence-electron chi connectivity index (χ2n) is 7.90. The Labute approximate surface area is 138 Å². The zero-order valence-electron chi connectivity index (χ0n) is 14.5. The first-order valence-corrected chi connectivity index (χ1v) is 8.62. The van der Waals surface area contributed by atoms with Gasteiger partial charge >= 0.3 is 6.09 Å². The molecule has 23 heavy (non-hydrogen) atoms. The van der Waals surface area contributed by atoms with E-state index in [1.807, 2.05) is 20.8 Å². The van der Waals surface area contributed by atoms with Crippen molar-refractivity contribution in [2.75, 3.05) is 6.54 Å². The van der Waals surface area contributed by atoms with Crippen LogP contribution in [0.1, 0.15) is 65.7 Å². The van der Waals surface area contributed by atoms with Gasteiger partial charge in [0.2, 0.25) is 5.91 Å². The maximum Gasteiger partial charge on any atom is 0.404 e. The Morgan fingerprint density at radius 1 is 1.35 bits per heavy atom. The molecule has 1 aliphatic heterocycles. The molecular weight excluding hydrogens is 294 g/mol. The van der Waals surface area contributed by atoms with Gasteiger partial charge in [-0.05, 0) is 24.2 Å². The van der Waals surface area contributed by atoms with Crippen LogP contribution in [0.4, 0.5) is 4.79 Å². The molecule has 0 aromatic carbocycles. The summed E-state index contributed by atoms with van der Waals surface area (Å²) in [7, 11) is 0. The molecule has 1 aliphatic carbocycles. The zero-order chi connectivity index (χ0) is 17.0. The Bertz CT molecular complexity index is 476. The number of nitrogens with zero attached hydrogens (tertiary/aromatic N) is 2. The molecule has 0 radical (unpaired) electrons. The molecule has 2 amide bonds. The van der Waals surface area contributed by atoms with Crippen LogP contribution in [-0.2, 0) is 4.79 Å². The largest absolute Gasteiger partial charge is 0.465 e. The van der Waals surface area contributed by atoms with Gasteiger partial charge in [0, 0.05) is 19.0 Å². The fourth-order valence-corrected chi connectivity index (χ4v) is 3.36. The number of carboxylic acid groups (broad SMARTS) is 1. The van der Waals surface area contributed by atoms with Crippen molar-refractivity contribution in [1.82, 2.24) is 10.3 Å². The molecular formula is C17H29N3O3. The van der Waals surface area contributed by atoms with Crippen molar-refractivity contribution in [3.63, 3.8) is 0 Å². The number of hydrogen-bond acceptors (Lipinski definition) is 3. The molecule has 1 saturated carbocycles. The van der Waals surface area contributed by atoms with Crippen LogP contribution in [-0.4, -0.2) is 40.4 Å². The van der Waals surface area contributed by atoms with E-state index >= 15 is 0 Å². The van der Waals surface area contributed by atoms with Gasteiger partial charge in [0.15, 0.2) is 0 Å². The number of nitrogens with one attached hydrogen (secondary N) is 1.